The summed E-state index contributed by atoms with van der Waals surface area (Å²) in [6.07, 6.45) is 4.42. The van der Waals surface area contributed by atoms with Crippen molar-refractivity contribution in [2.24, 2.45) is 0 Å². The minimum Gasteiger partial charge on any atom is -0.368 e. The highest BCUT2D eigenvalue weighted by Crippen LogP contribution is 2.21. The van der Waals surface area contributed by atoms with Gasteiger partial charge in [-0.25, -0.2) is 4.79 Å². The summed E-state index contributed by atoms with van der Waals surface area (Å²) in [6.45, 7) is 4.47. The molecule has 1 atom stereocenters. The monoisotopic (exact) mass is 378 g/mol. The maximum Gasteiger partial charge on any atom is 0.318 e. The molecule has 7 heteroatoms. The SMILES string of the molecule is C[C@@H](NC(=O)N1CCN(c2cccc(Cl)c2)CC1)C(=O)NC1CCCC1. The van der Waals surface area contributed by atoms with Gasteiger partial charge in [0.1, 0.15) is 6.04 Å². The molecule has 1 aliphatic heterocycles. The predicted octanol–water partition coefficient (Wildman–Crippen LogP) is 2.62. The number of halogens is 1. The van der Waals surface area contributed by atoms with Crippen LogP contribution in [0, 0.1) is 0 Å². The molecule has 0 bridgehead atoms. The van der Waals surface area contributed by atoms with Crippen LogP contribution in [0.5, 0.6) is 0 Å². The molecule has 3 rings (SSSR count). The van der Waals surface area contributed by atoms with Gasteiger partial charge in [0.05, 0.1) is 0 Å². The van der Waals surface area contributed by atoms with E-state index in [1.165, 1.54) is 12.8 Å². The number of urea groups is 1. The third kappa shape index (κ3) is 4.81. The maximum absolute atomic E-state index is 12.4. The molecule has 0 aromatic heterocycles. The van der Waals surface area contributed by atoms with Crippen LogP contribution in [0.25, 0.3) is 0 Å². The first-order chi connectivity index (χ1) is 12.5. The van der Waals surface area contributed by atoms with E-state index in [1.54, 1.807) is 11.8 Å². The number of benzene rings is 1. The quantitative estimate of drug-likeness (QED) is 0.846. The van der Waals surface area contributed by atoms with Crippen LogP contribution in [-0.4, -0.2) is 55.1 Å². The first kappa shape index (κ1) is 18.8. The summed E-state index contributed by atoms with van der Waals surface area (Å²) in [7, 11) is 0. The fourth-order valence-electron chi connectivity index (χ4n) is 3.58. The van der Waals surface area contributed by atoms with E-state index < -0.39 is 6.04 Å². The number of nitrogens with one attached hydrogen (secondary N) is 2. The Hall–Kier alpha value is -1.95. The number of amides is 3. The Balaban J connectivity index is 1.45. The van der Waals surface area contributed by atoms with Crippen molar-refractivity contribution in [3.63, 3.8) is 0 Å². The van der Waals surface area contributed by atoms with Gasteiger partial charge < -0.3 is 20.4 Å². The van der Waals surface area contributed by atoms with Crippen molar-refractivity contribution in [3.05, 3.63) is 29.3 Å². The van der Waals surface area contributed by atoms with E-state index in [2.05, 4.69) is 15.5 Å². The molecule has 0 unspecified atom stereocenters. The molecule has 1 heterocycles. The zero-order valence-corrected chi connectivity index (χ0v) is 16.0. The van der Waals surface area contributed by atoms with E-state index in [-0.39, 0.29) is 18.0 Å². The fourth-order valence-corrected chi connectivity index (χ4v) is 3.76. The molecule has 2 aliphatic rings. The lowest BCUT2D eigenvalue weighted by molar-refractivity contribution is -0.123. The third-order valence-corrected chi connectivity index (χ3v) is 5.41. The molecule has 1 saturated heterocycles. The molecular weight excluding hydrogens is 352 g/mol. The van der Waals surface area contributed by atoms with Crippen molar-refractivity contribution in [2.75, 3.05) is 31.1 Å². The van der Waals surface area contributed by atoms with Crippen LogP contribution in [0.15, 0.2) is 24.3 Å². The number of carbonyl (C=O) groups is 2. The maximum atomic E-state index is 12.4. The van der Waals surface area contributed by atoms with Gasteiger partial charge in [-0.05, 0) is 38.0 Å². The van der Waals surface area contributed by atoms with Gasteiger partial charge in [0, 0.05) is 42.9 Å². The van der Waals surface area contributed by atoms with Crippen molar-refractivity contribution >= 4 is 29.2 Å². The second kappa shape index (κ2) is 8.62. The van der Waals surface area contributed by atoms with Crippen molar-refractivity contribution < 1.29 is 9.59 Å². The molecule has 6 nitrogen and oxygen atoms in total. The molecular formula is C19H27ClN4O2. The Morgan fingerprint density at radius 2 is 1.85 bits per heavy atom. The standard InChI is InChI=1S/C19H27ClN4O2/c1-14(18(25)22-16-6-2-3-7-16)21-19(26)24-11-9-23(10-12-24)17-8-4-5-15(20)13-17/h4-5,8,13-14,16H,2-3,6-7,9-12H2,1H3,(H,21,26)(H,22,25)/t14-/m1/s1. The van der Waals surface area contributed by atoms with E-state index in [0.29, 0.717) is 18.1 Å². The van der Waals surface area contributed by atoms with Crippen LogP contribution in [0.3, 0.4) is 0 Å². The Morgan fingerprint density at radius 1 is 1.15 bits per heavy atom. The Labute approximate surface area is 159 Å². The molecule has 26 heavy (non-hydrogen) atoms. The Bertz CT molecular complexity index is 640. The highest BCUT2D eigenvalue weighted by atomic mass is 35.5. The predicted molar refractivity (Wildman–Crippen MR) is 104 cm³/mol. The first-order valence-electron chi connectivity index (χ1n) is 9.39. The molecule has 1 saturated carbocycles. The number of hydrogen-bond donors (Lipinski definition) is 2. The molecule has 2 N–H and O–H groups in total. The molecule has 1 aliphatic carbocycles. The Kier molecular flexibility index (Phi) is 6.25. The summed E-state index contributed by atoms with van der Waals surface area (Å²) in [4.78, 5) is 28.6. The van der Waals surface area contributed by atoms with Gasteiger partial charge in [-0.3, -0.25) is 4.79 Å². The average Bonchev–Trinajstić information content (AvgIpc) is 3.14. The first-order valence-corrected chi connectivity index (χ1v) is 9.77. The second-order valence-electron chi connectivity index (χ2n) is 7.12. The van der Waals surface area contributed by atoms with Gasteiger partial charge in [0.15, 0.2) is 0 Å². The summed E-state index contributed by atoms with van der Waals surface area (Å²) in [5, 5.41) is 6.56. The van der Waals surface area contributed by atoms with E-state index in [1.807, 2.05) is 24.3 Å². The van der Waals surface area contributed by atoms with E-state index in [0.717, 1.165) is 31.6 Å². The van der Waals surface area contributed by atoms with E-state index >= 15 is 0 Å². The molecule has 1 aromatic carbocycles. The van der Waals surface area contributed by atoms with Crippen molar-refractivity contribution in [1.29, 1.82) is 0 Å². The zero-order chi connectivity index (χ0) is 18.5. The summed E-state index contributed by atoms with van der Waals surface area (Å²) >= 11 is 6.05. The lowest BCUT2D eigenvalue weighted by Gasteiger charge is -2.36. The van der Waals surface area contributed by atoms with Crippen molar-refractivity contribution in [1.82, 2.24) is 15.5 Å². The third-order valence-electron chi connectivity index (χ3n) is 5.18. The average molecular weight is 379 g/mol. The second-order valence-corrected chi connectivity index (χ2v) is 7.55. The van der Waals surface area contributed by atoms with E-state index in [9.17, 15) is 9.59 Å². The number of nitrogens with zero attached hydrogens (tertiary/aromatic N) is 2. The highest BCUT2D eigenvalue weighted by Gasteiger charge is 2.25. The minimum atomic E-state index is -0.519. The summed E-state index contributed by atoms with van der Waals surface area (Å²) < 4.78 is 0. The zero-order valence-electron chi connectivity index (χ0n) is 15.2. The largest absolute Gasteiger partial charge is 0.368 e. The number of carbonyl (C=O) groups excluding carboxylic acids is 2. The molecule has 0 radical (unpaired) electrons. The molecule has 0 spiro atoms. The number of rotatable bonds is 4. The lowest BCUT2D eigenvalue weighted by Crippen LogP contribution is -2.55. The van der Waals surface area contributed by atoms with Crippen LogP contribution in [0.2, 0.25) is 5.02 Å². The minimum absolute atomic E-state index is 0.0946. The summed E-state index contributed by atoms with van der Waals surface area (Å²) in [6, 6.07) is 7.32. The van der Waals surface area contributed by atoms with Gasteiger partial charge in [-0.1, -0.05) is 30.5 Å². The normalized spacial score (nSPS) is 19.3. The topological polar surface area (TPSA) is 64.7 Å². The summed E-state index contributed by atoms with van der Waals surface area (Å²) in [5.41, 5.74) is 1.07. The number of hydrogen-bond acceptors (Lipinski definition) is 3. The van der Waals surface area contributed by atoms with Crippen LogP contribution in [0.1, 0.15) is 32.6 Å². The highest BCUT2D eigenvalue weighted by molar-refractivity contribution is 6.30. The van der Waals surface area contributed by atoms with Crippen LogP contribution in [-0.2, 0) is 4.79 Å². The molecule has 1 aromatic rings. The van der Waals surface area contributed by atoms with Crippen LogP contribution in [0.4, 0.5) is 10.5 Å². The van der Waals surface area contributed by atoms with Gasteiger partial charge in [0.25, 0.3) is 0 Å². The van der Waals surface area contributed by atoms with Crippen molar-refractivity contribution in [3.8, 4) is 0 Å². The smallest absolute Gasteiger partial charge is 0.318 e. The number of piperazine rings is 1. The number of anilines is 1. The molecule has 142 valence electrons. The lowest BCUT2D eigenvalue weighted by atomic mass is 10.2. The molecule has 3 amide bonds. The van der Waals surface area contributed by atoms with E-state index in [4.69, 9.17) is 11.6 Å². The fraction of sp³-hybridized carbons (Fsp3) is 0.579. The van der Waals surface area contributed by atoms with Gasteiger partial charge >= 0.3 is 6.03 Å². The van der Waals surface area contributed by atoms with Crippen LogP contribution < -0.4 is 15.5 Å². The van der Waals surface area contributed by atoms with Gasteiger partial charge in [0.2, 0.25) is 5.91 Å². The summed E-state index contributed by atoms with van der Waals surface area (Å²) in [5.74, 6) is -0.0946. The van der Waals surface area contributed by atoms with Crippen LogP contribution >= 0.6 is 11.6 Å². The van der Waals surface area contributed by atoms with Gasteiger partial charge in [-0.2, -0.15) is 0 Å². The Morgan fingerprint density at radius 3 is 2.50 bits per heavy atom. The van der Waals surface area contributed by atoms with Gasteiger partial charge in [-0.15, -0.1) is 0 Å². The van der Waals surface area contributed by atoms with Crippen molar-refractivity contribution in [2.45, 2.75) is 44.7 Å². The molecule has 2 fully saturated rings.